The number of hydrogen-bond acceptors (Lipinski definition) is 6. The maximum atomic E-state index is 13.1. The lowest BCUT2D eigenvalue weighted by Gasteiger charge is -2.35. The van der Waals surface area contributed by atoms with E-state index in [1.807, 2.05) is 44.2 Å². The van der Waals surface area contributed by atoms with E-state index in [1.165, 1.54) is 0 Å². The van der Waals surface area contributed by atoms with E-state index in [0.29, 0.717) is 41.0 Å². The van der Waals surface area contributed by atoms with Gasteiger partial charge < -0.3 is 19.1 Å². The third kappa shape index (κ3) is 4.73. The maximum Gasteiger partial charge on any atom is 0.339 e. The summed E-state index contributed by atoms with van der Waals surface area (Å²) in [5.41, 5.74) is 2.51. The summed E-state index contributed by atoms with van der Waals surface area (Å²) >= 11 is 0. The molecule has 1 aromatic heterocycles. The van der Waals surface area contributed by atoms with Gasteiger partial charge >= 0.3 is 5.97 Å². The van der Waals surface area contributed by atoms with E-state index in [1.54, 1.807) is 36.3 Å². The third-order valence-corrected chi connectivity index (χ3v) is 5.40. The van der Waals surface area contributed by atoms with E-state index in [-0.39, 0.29) is 24.7 Å². The third-order valence-electron chi connectivity index (χ3n) is 5.40. The quantitative estimate of drug-likeness (QED) is 0.570. The Morgan fingerprint density at radius 3 is 2.47 bits per heavy atom. The van der Waals surface area contributed by atoms with Crippen LogP contribution in [0.4, 0.5) is 0 Å². The minimum atomic E-state index is -0.578. The molecule has 0 spiro atoms. The normalized spacial score (nSPS) is 18.4. The second-order valence-electron chi connectivity index (χ2n) is 7.94. The van der Waals surface area contributed by atoms with Crippen molar-refractivity contribution in [1.82, 2.24) is 9.88 Å². The van der Waals surface area contributed by atoms with E-state index in [0.717, 1.165) is 5.56 Å². The summed E-state index contributed by atoms with van der Waals surface area (Å²) in [6, 6.07) is 16.6. The van der Waals surface area contributed by atoms with Crippen LogP contribution in [0, 0.1) is 0 Å². The molecule has 166 valence electrons. The highest BCUT2D eigenvalue weighted by atomic mass is 16.5. The number of morpholine rings is 1. The molecule has 1 aliphatic rings. The molecule has 2 heterocycles. The molecule has 2 aromatic carbocycles. The lowest BCUT2D eigenvalue weighted by atomic mass is 10.0. The number of carbonyl (C=O) groups is 2. The number of benzene rings is 2. The van der Waals surface area contributed by atoms with Gasteiger partial charge in [0.05, 0.1) is 36.1 Å². The van der Waals surface area contributed by atoms with Gasteiger partial charge in [0, 0.05) is 24.0 Å². The lowest BCUT2D eigenvalue weighted by Crippen LogP contribution is -2.49. The highest BCUT2D eigenvalue weighted by Gasteiger charge is 2.27. The van der Waals surface area contributed by atoms with Crippen molar-refractivity contribution in [2.24, 2.45) is 0 Å². The van der Waals surface area contributed by atoms with Crippen LogP contribution in [0.2, 0.25) is 0 Å². The first-order valence-corrected chi connectivity index (χ1v) is 10.6. The average molecular weight is 434 g/mol. The Morgan fingerprint density at radius 1 is 1.06 bits per heavy atom. The van der Waals surface area contributed by atoms with Crippen LogP contribution in [0.5, 0.6) is 5.75 Å². The van der Waals surface area contributed by atoms with Gasteiger partial charge in [0.25, 0.3) is 5.91 Å². The van der Waals surface area contributed by atoms with Crippen molar-refractivity contribution in [2.45, 2.75) is 26.1 Å². The van der Waals surface area contributed by atoms with Crippen LogP contribution >= 0.6 is 0 Å². The van der Waals surface area contributed by atoms with Gasteiger partial charge in [0.2, 0.25) is 0 Å². The monoisotopic (exact) mass is 434 g/mol. The number of ether oxygens (including phenoxy) is 3. The van der Waals surface area contributed by atoms with Crippen LogP contribution < -0.4 is 4.74 Å². The number of fused-ring (bicyclic) bond motifs is 1. The first-order chi connectivity index (χ1) is 15.4. The predicted octanol–water partition coefficient (Wildman–Crippen LogP) is 3.70. The molecule has 1 fully saturated rings. The summed E-state index contributed by atoms with van der Waals surface area (Å²) in [6.45, 7) is 4.47. The van der Waals surface area contributed by atoms with E-state index >= 15 is 0 Å². The number of pyridine rings is 1. The van der Waals surface area contributed by atoms with E-state index in [9.17, 15) is 9.59 Å². The van der Waals surface area contributed by atoms with Crippen molar-refractivity contribution >= 4 is 22.8 Å². The van der Waals surface area contributed by atoms with Crippen molar-refractivity contribution in [3.05, 3.63) is 60.2 Å². The van der Waals surface area contributed by atoms with Crippen LogP contribution in [0.15, 0.2) is 54.6 Å². The summed E-state index contributed by atoms with van der Waals surface area (Å²) in [4.78, 5) is 32.1. The molecule has 0 N–H and O–H groups in total. The molecular formula is C25H26N2O5. The summed E-state index contributed by atoms with van der Waals surface area (Å²) < 4.78 is 16.4. The SMILES string of the molecule is COc1ccc2nc(-c3ccccc3)cc(C(=O)OCC(=O)N3CC(C)OC(C)C3)c2c1. The minimum absolute atomic E-state index is 0.0524. The van der Waals surface area contributed by atoms with Gasteiger partial charge in [-0.25, -0.2) is 9.78 Å². The van der Waals surface area contributed by atoms with E-state index in [2.05, 4.69) is 0 Å². The number of nitrogens with zero attached hydrogens (tertiary/aromatic N) is 2. The molecule has 0 saturated carbocycles. The van der Waals surface area contributed by atoms with Gasteiger partial charge in [0.15, 0.2) is 6.61 Å². The molecule has 3 aromatic rings. The number of amides is 1. The highest BCUT2D eigenvalue weighted by Crippen LogP contribution is 2.28. The molecule has 7 heteroatoms. The molecule has 1 saturated heterocycles. The summed E-state index contributed by atoms with van der Waals surface area (Å²) in [7, 11) is 1.56. The largest absolute Gasteiger partial charge is 0.497 e. The molecule has 32 heavy (non-hydrogen) atoms. The van der Waals surface area contributed by atoms with Crippen molar-refractivity contribution < 1.29 is 23.8 Å². The predicted molar refractivity (Wildman–Crippen MR) is 121 cm³/mol. The summed E-state index contributed by atoms with van der Waals surface area (Å²) in [6.07, 6.45) is -0.105. The fraction of sp³-hybridized carbons (Fsp3) is 0.320. The van der Waals surface area contributed by atoms with Crippen LogP contribution in [0.1, 0.15) is 24.2 Å². The standard InChI is InChI=1S/C25H26N2O5/c1-16-13-27(14-17(2)32-16)24(28)15-31-25(29)21-12-23(18-7-5-4-6-8-18)26-22-10-9-19(30-3)11-20(21)22/h4-12,16-17H,13-15H2,1-3H3. The van der Waals surface area contributed by atoms with E-state index < -0.39 is 5.97 Å². The molecule has 0 bridgehead atoms. The Morgan fingerprint density at radius 2 is 1.78 bits per heavy atom. The molecule has 2 unspecified atom stereocenters. The first kappa shape index (κ1) is 21.8. The van der Waals surface area contributed by atoms with E-state index in [4.69, 9.17) is 19.2 Å². The fourth-order valence-electron chi connectivity index (χ4n) is 3.94. The Hall–Kier alpha value is -3.45. The Balaban J connectivity index is 1.61. The van der Waals surface area contributed by atoms with Gasteiger partial charge in [-0.05, 0) is 38.1 Å². The highest BCUT2D eigenvalue weighted by molar-refractivity contribution is 6.05. The number of hydrogen-bond donors (Lipinski definition) is 0. The average Bonchev–Trinajstić information content (AvgIpc) is 2.81. The fourth-order valence-corrected chi connectivity index (χ4v) is 3.94. The van der Waals surface area contributed by atoms with Crippen molar-refractivity contribution in [1.29, 1.82) is 0 Å². The number of esters is 1. The van der Waals surface area contributed by atoms with Crippen LogP contribution in [-0.4, -0.2) is 60.8 Å². The zero-order valence-electron chi connectivity index (χ0n) is 18.4. The first-order valence-electron chi connectivity index (χ1n) is 10.6. The van der Waals surface area contributed by atoms with Gasteiger partial charge in [-0.2, -0.15) is 0 Å². The van der Waals surface area contributed by atoms with Crippen molar-refractivity contribution in [2.75, 3.05) is 26.8 Å². The smallest absolute Gasteiger partial charge is 0.339 e. The Labute approximate surface area is 186 Å². The number of rotatable bonds is 5. The maximum absolute atomic E-state index is 13.1. The lowest BCUT2D eigenvalue weighted by molar-refractivity contribution is -0.146. The van der Waals surface area contributed by atoms with Crippen LogP contribution in [0.3, 0.4) is 0 Å². The number of methoxy groups -OCH3 is 1. The molecule has 0 aliphatic carbocycles. The molecule has 4 rings (SSSR count). The van der Waals surface area contributed by atoms with Gasteiger partial charge in [-0.3, -0.25) is 4.79 Å². The molecular weight excluding hydrogens is 408 g/mol. The summed E-state index contributed by atoms with van der Waals surface area (Å²) in [5.74, 6) is -0.210. The zero-order valence-corrected chi connectivity index (χ0v) is 18.4. The zero-order chi connectivity index (χ0) is 22.7. The number of carbonyl (C=O) groups excluding carboxylic acids is 2. The van der Waals surface area contributed by atoms with Gasteiger partial charge in [-0.15, -0.1) is 0 Å². The summed E-state index contributed by atoms with van der Waals surface area (Å²) in [5, 5.41) is 0.607. The molecule has 1 amide bonds. The molecule has 1 aliphatic heterocycles. The molecule has 2 atom stereocenters. The Bertz CT molecular complexity index is 1120. The topological polar surface area (TPSA) is 78.0 Å². The second-order valence-corrected chi connectivity index (χ2v) is 7.94. The minimum Gasteiger partial charge on any atom is -0.497 e. The van der Waals surface area contributed by atoms with Gasteiger partial charge in [-0.1, -0.05) is 30.3 Å². The van der Waals surface area contributed by atoms with Crippen molar-refractivity contribution in [3.8, 4) is 17.0 Å². The molecule has 7 nitrogen and oxygen atoms in total. The van der Waals surface area contributed by atoms with Gasteiger partial charge in [0.1, 0.15) is 5.75 Å². The Kier molecular flexibility index (Phi) is 6.37. The van der Waals surface area contributed by atoms with Crippen LogP contribution in [-0.2, 0) is 14.3 Å². The van der Waals surface area contributed by atoms with Crippen LogP contribution in [0.25, 0.3) is 22.2 Å². The number of aromatic nitrogens is 1. The van der Waals surface area contributed by atoms with Crippen molar-refractivity contribution in [3.63, 3.8) is 0 Å². The second kappa shape index (κ2) is 9.36. The molecule has 0 radical (unpaired) electrons.